The Labute approximate surface area is 90.7 Å². The van der Waals surface area contributed by atoms with Crippen molar-refractivity contribution < 1.29 is 9.90 Å². The van der Waals surface area contributed by atoms with Crippen LogP contribution in [0.2, 0.25) is 0 Å². The van der Waals surface area contributed by atoms with E-state index in [1.165, 1.54) is 0 Å². The fraction of sp³-hybridized carbons (Fsp3) is 0.900. The minimum Gasteiger partial charge on any atom is -0.480 e. The van der Waals surface area contributed by atoms with Crippen molar-refractivity contribution in [3.63, 3.8) is 0 Å². The van der Waals surface area contributed by atoms with Gasteiger partial charge < -0.3 is 10.4 Å². The molecule has 0 amide bonds. The molecule has 0 aromatic rings. The molecular weight excluding hydrogens is 198 g/mol. The third-order valence-electron chi connectivity index (χ3n) is 2.20. The average Bonchev–Trinajstić information content (AvgIpc) is 2.16. The second kappa shape index (κ2) is 8.12. The molecule has 3 nitrogen and oxygen atoms in total. The van der Waals surface area contributed by atoms with Crippen LogP contribution in [0.5, 0.6) is 0 Å². The molecule has 0 aliphatic carbocycles. The van der Waals surface area contributed by atoms with Gasteiger partial charge in [-0.3, -0.25) is 4.79 Å². The number of nitrogens with one attached hydrogen (secondary N) is 1. The van der Waals surface area contributed by atoms with E-state index in [0.717, 1.165) is 25.8 Å². The highest BCUT2D eigenvalue weighted by atomic mass is 32.2. The van der Waals surface area contributed by atoms with Gasteiger partial charge in [-0.05, 0) is 12.7 Å². The first-order chi connectivity index (χ1) is 6.61. The number of rotatable bonds is 8. The maximum atomic E-state index is 10.8. The number of carboxylic acids is 1. The quantitative estimate of drug-likeness (QED) is 0.655. The third kappa shape index (κ3) is 6.27. The first-order valence-corrected chi connectivity index (χ1v) is 6.39. The predicted molar refractivity (Wildman–Crippen MR) is 61.9 cm³/mol. The summed E-state index contributed by atoms with van der Waals surface area (Å²) in [6, 6.07) is -0.371. The van der Waals surface area contributed by atoms with Gasteiger partial charge in [-0.15, -0.1) is 0 Å². The summed E-state index contributed by atoms with van der Waals surface area (Å²) in [5, 5.41) is 12.5. The summed E-state index contributed by atoms with van der Waals surface area (Å²) in [5.74, 6) is -0.730. The van der Waals surface area contributed by atoms with Gasteiger partial charge in [0, 0.05) is 11.8 Å². The number of carbonyl (C=O) groups is 1. The number of thioether (sulfide) groups is 1. The molecule has 4 heteroatoms. The second-order valence-corrected chi connectivity index (χ2v) is 4.76. The molecule has 0 aromatic heterocycles. The van der Waals surface area contributed by atoms with Crippen molar-refractivity contribution in [3.8, 4) is 0 Å². The highest BCUT2D eigenvalue weighted by Crippen LogP contribution is 2.05. The van der Waals surface area contributed by atoms with Crippen molar-refractivity contribution in [2.24, 2.45) is 0 Å². The molecule has 0 radical (unpaired) electrons. The van der Waals surface area contributed by atoms with Crippen LogP contribution in [-0.2, 0) is 4.79 Å². The van der Waals surface area contributed by atoms with Crippen LogP contribution in [0.4, 0.5) is 0 Å². The lowest BCUT2D eigenvalue weighted by molar-refractivity contribution is -0.139. The molecule has 2 unspecified atom stereocenters. The second-order valence-electron chi connectivity index (χ2n) is 3.49. The van der Waals surface area contributed by atoms with E-state index in [9.17, 15) is 4.79 Å². The number of unbranched alkanes of at least 4 members (excludes halogenated alkanes) is 1. The van der Waals surface area contributed by atoms with Gasteiger partial charge in [-0.1, -0.05) is 26.7 Å². The van der Waals surface area contributed by atoms with E-state index in [-0.39, 0.29) is 6.04 Å². The molecule has 0 fully saturated rings. The first kappa shape index (κ1) is 13.8. The van der Waals surface area contributed by atoms with E-state index in [1.807, 2.05) is 6.26 Å². The van der Waals surface area contributed by atoms with Gasteiger partial charge in [0.05, 0.1) is 0 Å². The summed E-state index contributed by atoms with van der Waals surface area (Å²) in [6.07, 6.45) is 4.78. The number of aliphatic carboxylic acids is 1. The van der Waals surface area contributed by atoms with Crippen molar-refractivity contribution in [1.82, 2.24) is 5.32 Å². The van der Waals surface area contributed by atoms with Crippen LogP contribution in [0, 0.1) is 0 Å². The normalized spacial score (nSPS) is 15.1. The van der Waals surface area contributed by atoms with Crippen LogP contribution in [0.1, 0.15) is 33.1 Å². The van der Waals surface area contributed by atoms with Gasteiger partial charge in [0.1, 0.15) is 6.04 Å². The van der Waals surface area contributed by atoms with Gasteiger partial charge in [0.2, 0.25) is 0 Å². The van der Waals surface area contributed by atoms with Crippen molar-refractivity contribution in [2.45, 2.75) is 44.4 Å². The van der Waals surface area contributed by atoms with Crippen molar-refractivity contribution in [3.05, 3.63) is 0 Å². The minimum atomic E-state index is -0.730. The molecular formula is C10H21NO2S. The SMILES string of the molecule is CCCCC(NCC(C)SC)C(=O)O. The summed E-state index contributed by atoms with van der Waals surface area (Å²) in [5.41, 5.74) is 0. The summed E-state index contributed by atoms with van der Waals surface area (Å²) in [4.78, 5) is 10.8. The summed E-state index contributed by atoms with van der Waals surface area (Å²) in [6.45, 7) is 4.93. The maximum Gasteiger partial charge on any atom is 0.320 e. The van der Waals surface area contributed by atoms with Crippen molar-refractivity contribution >= 4 is 17.7 Å². The molecule has 0 saturated heterocycles. The zero-order valence-electron chi connectivity index (χ0n) is 9.25. The van der Waals surface area contributed by atoms with Gasteiger partial charge in [-0.2, -0.15) is 11.8 Å². The standard InChI is InChI=1S/C10H21NO2S/c1-4-5-6-9(10(12)13)11-7-8(2)14-3/h8-9,11H,4-7H2,1-3H3,(H,12,13). The molecule has 0 bridgehead atoms. The molecule has 2 N–H and O–H groups in total. The molecule has 14 heavy (non-hydrogen) atoms. The highest BCUT2D eigenvalue weighted by Gasteiger charge is 2.16. The minimum absolute atomic E-state index is 0.371. The van der Waals surface area contributed by atoms with Crippen molar-refractivity contribution in [2.75, 3.05) is 12.8 Å². The Hall–Kier alpha value is -0.220. The molecule has 0 rings (SSSR count). The molecule has 2 atom stereocenters. The van der Waals surface area contributed by atoms with Gasteiger partial charge in [0.15, 0.2) is 0 Å². The highest BCUT2D eigenvalue weighted by molar-refractivity contribution is 7.99. The molecule has 0 saturated carbocycles. The topological polar surface area (TPSA) is 49.3 Å². The van der Waals surface area contributed by atoms with Crippen LogP contribution in [0.3, 0.4) is 0 Å². The van der Waals surface area contributed by atoms with Crippen LogP contribution >= 0.6 is 11.8 Å². The Kier molecular flexibility index (Phi) is 7.99. The van der Waals surface area contributed by atoms with E-state index in [0.29, 0.717) is 5.25 Å². The smallest absolute Gasteiger partial charge is 0.320 e. The molecule has 0 aromatic carbocycles. The van der Waals surface area contributed by atoms with E-state index in [2.05, 4.69) is 19.2 Å². The van der Waals surface area contributed by atoms with E-state index in [4.69, 9.17) is 5.11 Å². The van der Waals surface area contributed by atoms with Gasteiger partial charge >= 0.3 is 5.97 Å². The zero-order chi connectivity index (χ0) is 11.0. The molecule has 0 heterocycles. The Balaban J connectivity index is 3.79. The Bertz CT molecular complexity index is 164. The Morgan fingerprint density at radius 2 is 2.21 bits per heavy atom. The van der Waals surface area contributed by atoms with Gasteiger partial charge in [0.25, 0.3) is 0 Å². The average molecular weight is 219 g/mol. The Morgan fingerprint density at radius 1 is 1.57 bits per heavy atom. The van der Waals surface area contributed by atoms with Crippen LogP contribution < -0.4 is 5.32 Å². The molecule has 0 spiro atoms. The lowest BCUT2D eigenvalue weighted by Crippen LogP contribution is -2.39. The van der Waals surface area contributed by atoms with Gasteiger partial charge in [-0.25, -0.2) is 0 Å². The van der Waals surface area contributed by atoms with Crippen LogP contribution in [0.25, 0.3) is 0 Å². The molecule has 0 aliphatic rings. The van der Waals surface area contributed by atoms with Crippen molar-refractivity contribution in [1.29, 1.82) is 0 Å². The summed E-state index contributed by atoms with van der Waals surface area (Å²) >= 11 is 1.75. The third-order valence-corrected chi connectivity index (χ3v) is 3.17. The lowest BCUT2D eigenvalue weighted by Gasteiger charge is -2.16. The zero-order valence-corrected chi connectivity index (χ0v) is 10.1. The summed E-state index contributed by atoms with van der Waals surface area (Å²) in [7, 11) is 0. The fourth-order valence-corrected chi connectivity index (χ4v) is 1.38. The largest absolute Gasteiger partial charge is 0.480 e. The Morgan fingerprint density at radius 3 is 2.64 bits per heavy atom. The lowest BCUT2D eigenvalue weighted by atomic mass is 10.1. The molecule has 84 valence electrons. The molecule has 0 aliphatic heterocycles. The van der Waals surface area contributed by atoms with E-state index >= 15 is 0 Å². The monoisotopic (exact) mass is 219 g/mol. The maximum absolute atomic E-state index is 10.8. The predicted octanol–water partition coefficient (Wildman–Crippen LogP) is 1.97. The number of carboxylic acid groups (broad SMARTS) is 1. The number of hydrogen-bond acceptors (Lipinski definition) is 3. The summed E-state index contributed by atoms with van der Waals surface area (Å²) < 4.78 is 0. The fourth-order valence-electron chi connectivity index (χ4n) is 1.11. The first-order valence-electron chi connectivity index (χ1n) is 5.10. The van der Waals surface area contributed by atoms with E-state index < -0.39 is 5.97 Å². The number of hydrogen-bond donors (Lipinski definition) is 2. The van der Waals surface area contributed by atoms with E-state index in [1.54, 1.807) is 11.8 Å². The van der Waals surface area contributed by atoms with Crippen LogP contribution in [0.15, 0.2) is 0 Å². The van der Waals surface area contributed by atoms with Crippen LogP contribution in [-0.4, -0.2) is 35.2 Å².